The molecule has 2 fully saturated rings. The molecule has 8 heteroatoms. The Morgan fingerprint density at radius 1 is 1.09 bits per heavy atom. The van der Waals surface area contributed by atoms with Gasteiger partial charge in [0.15, 0.2) is 5.82 Å². The van der Waals surface area contributed by atoms with Crippen molar-refractivity contribution >= 4 is 33.7 Å². The van der Waals surface area contributed by atoms with E-state index in [9.17, 15) is 4.79 Å². The summed E-state index contributed by atoms with van der Waals surface area (Å²) in [5.41, 5.74) is 9.71. The Bertz CT molecular complexity index is 1310. The van der Waals surface area contributed by atoms with Gasteiger partial charge in [-0.2, -0.15) is 9.78 Å². The molecule has 2 aliphatic rings. The number of fused-ring (bicyclic) bond motifs is 2. The molecule has 0 saturated carbocycles. The maximum absolute atomic E-state index is 11.8. The number of aromatic amines is 1. The zero-order chi connectivity index (χ0) is 22.4. The summed E-state index contributed by atoms with van der Waals surface area (Å²) < 4.78 is 1.18. The molecule has 0 bridgehead atoms. The summed E-state index contributed by atoms with van der Waals surface area (Å²) in [5.74, 6) is 0.621. The quantitative estimate of drug-likeness (QED) is 0.504. The molecule has 2 aromatic heterocycles. The molecule has 1 amide bonds. The van der Waals surface area contributed by atoms with Gasteiger partial charge in [0.2, 0.25) is 0 Å². The largest absolute Gasteiger partial charge is 0.371 e. The molecular formula is C25H28N7O. The number of hydrogen-bond acceptors (Lipinski definition) is 5. The van der Waals surface area contributed by atoms with Crippen LogP contribution in [0.4, 0.5) is 10.5 Å². The van der Waals surface area contributed by atoms with Crippen LogP contribution in [0.25, 0.3) is 33.5 Å². The second kappa shape index (κ2) is 8.19. The SMILES string of the molecule is NC(=O)n1nc(-c2nc3ccc(N4CCC(N5CCCCC5)CC4)cc3[nH]2)c2ccc[c]c21. The first-order chi connectivity index (χ1) is 16.2. The maximum atomic E-state index is 11.8. The van der Waals surface area contributed by atoms with Gasteiger partial charge in [0.1, 0.15) is 5.69 Å². The lowest BCUT2D eigenvalue weighted by atomic mass is 9.99. The number of anilines is 1. The minimum absolute atomic E-state index is 0.553. The molecule has 1 radical (unpaired) electrons. The first-order valence-electron chi connectivity index (χ1n) is 11.9. The van der Waals surface area contributed by atoms with E-state index in [1.54, 1.807) is 6.07 Å². The number of imidazole rings is 1. The highest BCUT2D eigenvalue weighted by molar-refractivity contribution is 5.98. The fourth-order valence-corrected chi connectivity index (χ4v) is 5.41. The van der Waals surface area contributed by atoms with E-state index in [1.165, 1.54) is 55.6 Å². The van der Waals surface area contributed by atoms with Gasteiger partial charge in [-0.15, -0.1) is 0 Å². The highest BCUT2D eigenvalue weighted by Gasteiger charge is 2.26. The number of carbonyl (C=O) groups excluding carboxylic acids is 1. The van der Waals surface area contributed by atoms with Crippen molar-refractivity contribution in [3.8, 4) is 11.5 Å². The Morgan fingerprint density at radius 2 is 1.91 bits per heavy atom. The Kier molecular flexibility index (Phi) is 5.02. The number of benzene rings is 2. The Hall–Kier alpha value is -3.39. The molecule has 0 atom stereocenters. The van der Waals surface area contributed by atoms with E-state index >= 15 is 0 Å². The van der Waals surface area contributed by atoms with Crippen molar-refractivity contribution in [1.29, 1.82) is 0 Å². The predicted octanol–water partition coefficient (Wildman–Crippen LogP) is 3.76. The van der Waals surface area contributed by atoms with Gasteiger partial charge in [-0.25, -0.2) is 9.78 Å². The predicted molar refractivity (Wildman–Crippen MR) is 129 cm³/mol. The van der Waals surface area contributed by atoms with Crippen LogP contribution in [0, 0.1) is 6.07 Å². The molecule has 8 nitrogen and oxygen atoms in total. The van der Waals surface area contributed by atoms with E-state index < -0.39 is 6.03 Å². The van der Waals surface area contributed by atoms with E-state index in [-0.39, 0.29) is 0 Å². The van der Waals surface area contributed by atoms with Crippen LogP contribution in [0.5, 0.6) is 0 Å². The molecule has 2 saturated heterocycles. The van der Waals surface area contributed by atoms with Crippen molar-refractivity contribution in [2.45, 2.75) is 38.1 Å². The monoisotopic (exact) mass is 442 g/mol. The lowest BCUT2D eigenvalue weighted by Gasteiger charge is -2.41. The number of carbonyl (C=O) groups is 1. The average molecular weight is 443 g/mol. The van der Waals surface area contributed by atoms with Crippen LogP contribution < -0.4 is 10.6 Å². The zero-order valence-corrected chi connectivity index (χ0v) is 18.6. The molecule has 2 aromatic carbocycles. The number of nitrogens with one attached hydrogen (secondary N) is 1. The fraction of sp³-hybridized carbons (Fsp3) is 0.400. The smallest absolute Gasteiger partial charge is 0.340 e. The summed E-state index contributed by atoms with van der Waals surface area (Å²) in [6.45, 7) is 4.70. The number of rotatable bonds is 3. The molecule has 169 valence electrons. The number of aromatic nitrogens is 4. The zero-order valence-electron chi connectivity index (χ0n) is 18.6. The van der Waals surface area contributed by atoms with Gasteiger partial charge >= 0.3 is 6.03 Å². The van der Waals surface area contributed by atoms with Crippen LogP contribution >= 0.6 is 0 Å². The van der Waals surface area contributed by atoms with E-state index in [0.717, 1.165) is 35.6 Å². The lowest BCUT2D eigenvalue weighted by Crippen LogP contribution is -2.46. The van der Waals surface area contributed by atoms with Gasteiger partial charge in [0.05, 0.1) is 16.6 Å². The van der Waals surface area contributed by atoms with E-state index in [1.807, 2.05) is 12.1 Å². The molecule has 33 heavy (non-hydrogen) atoms. The van der Waals surface area contributed by atoms with E-state index in [0.29, 0.717) is 17.0 Å². The summed E-state index contributed by atoms with van der Waals surface area (Å²) in [4.78, 5) is 25.2. The molecule has 4 heterocycles. The fourth-order valence-electron chi connectivity index (χ4n) is 5.41. The van der Waals surface area contributed by atoms with Crippen LogP contribution in [-0.2, 0) is 0 Å². The van der Waals surface area contributed by atoms with Crippen LogP contribution in [0.15, 0.2) is 36.4 Å². The van der Waals surface area contributed by atoms with Crippen LogP contribution in [-0.4, -0.2) is 62.9 Å². The third-order valence-corrected chi connectivity index (χ3v) is 7.14. The summed E-state index contributed by atoms with van der Waals surface area (Å²) in [6, 6.07) is 15.0. The van der Waals surface area contributed by atoms with Gasteiger partial charge in [-0.05, 0) is 57.0 Å². The van der Waals surface area contributed by atoms with Gasteiger partial charge in [-0.3, -0.25) is 0 Å². The Balaban J connectivity index is 1.26. The first-order valence-corrected chi connectivity index (χ1v) is 11.9. The number of amides is 1. The highest BCUT2D eigenvalue weighted by Crippen LogP contribution is 2.30. The van der Waals surface area contributed by atoms with Gasteiger partial charge < -0.3 is 20.5 Å². The minimum Gasteiger partial charge on any atom is -0.371 e. The summed E-state index contributed by atoms with van der Waals surface area (Å²) in [5, 5.41) is 5.21. The van der Waals surface area contributed by atoms with E-state index in [2.05, 4.69) is 44.1 Å². The second-order valence-electron chi connectivity index (χ2n) is 9.13. The Labute approximate surface area is 192 Å². The van der Waals surface area contributed by atoms with Crippen molar-refractivity contribution in [3.05, 3.63) is 42.5 Å². The van der Waals surface area contributed by atoms with Crippen molar-refractivity contribution in [3.63, 3.8) is 0 Å². The topological polar surface area (TPSA) is 96.1 Å². The second-order valence-corrected chi connectivity index (χ2v) is 9.13. The molecular weight excluding hydrogens is 414 g/mol. The number of nitrogens with zero attached hydrogens (tertiary/aromatic N) is 5. The van der Waals surface area contributed by atoms with Gasteiger partial charge in [0.25, 0.3) is 0 Å². The molecule has 4 aromatic rings. The van der Waals surface area contributed by atoms with Gasteiger partial charge in [-0.1, -0.05) is 24.6 Å². The average Bonchev–Trinajstić information content (AvgIpc) is 3.46. The normalized spacial score (nSPS) is 18.4. The number of likely N-dealkylation sites (tertiary alicyclic amines) is 1. The Morgan fingerprint density at radius 3 is 2.70 bits per heavy atom. The van der Waals surface area contributed by atoms with Crippen LogP contribution in [0.2, 0.25) is 0 Å². The molecule has 0 aliphatic carbocycles. The first kappa shape index (κ1) is 20.2. The number of hydrogen-bond donors (Lipinski definition) is 2. The van der Waals surface area contributed by atoms with Crippen molar-refractivity contribution in [2.75, 3.05) is 31.1 Å². The van der Waals surface area contributed by atoms with Crippen molar-refractivity contribution < 1.29 is 4.79 Å². The van der Waals surface area contributed by atoms with Gasteiger partial charge in [0, 0.05) is 36.3 Å². The highest BCUT2D eigenvalue weighted by atomic mass is 16.2. The number of piperidine rings is 2. The lowest BCUT2D eigenvalue weighted by molar-refractivity contribution is 0.141. The summed E-state index contributed by atoms with van der Waals surface area (Å²) in [6.07, 6.45) is 6.53. The third-order valence-electron chi connectivity index (χ3n) is 7.14. The number of nitrogens with two attached hydrogens (primary N) is 1. The number of H-pyrrole nitrogens is 1. The summed E-state index contributed by atoms with van der Waals surface area (Å²) >= 11 is 0. The standard InChI is InChI=1S/C25H28N7O/c26-25(33)32-22-7-3-2-6-19(22)23(29-32)24-27-20-9-8-18(16-21(20)28-24)31-14-10-17(11-15-31)30-12-4-1-5-13-30/h2-3,6,8-9,16-17H,1,4-5,10-15H2,(H2,26,33)(H,27,28). The van der Waals surface area contributed by atoms with Crippen LogP contribution in [0.3, 0.4) is 0 Å². The third kappa shape index (κ3) is 3.64. The van der Waals surface area contributed by atoms with E-state index in [4.69, 9.17) is 10.7 Å². The number of para-hydroxylation sites is 1. The molecule has 2 aliphatic heterocycles. The molecule has 0 unspecified atom stereocenters. The minimum atomic E-state index is -0.639. The maximum Gasteiger partial charge on any atom is 0.340 e. The van der Waals surface area contributed by atoms with Crippen molar-refractivity contribution in [1.82, 2.24) is 24.6 Å². The van der Waals surface area contributed by atoms with Crippen molar-refractivity contribution in [2.24, 2.45) is 5.73 Å². The summed E-state index contributed by atoms with van der Waals surface area (Å²) in [7, 11) is 0. The molecule has 0 spiro atoms. The molecule has 3 N–H and O–H groups in total. The number of primary amides is 1. The molecule has 6 rings (SSSR count). The van der Waals surface area contributed by atoms with Crippen LogP contribution in [0.1, 0.15) is 32.1 Å².